The van der Waals surface area contributed by atoms with Gasteiger partial charge >= 0.3 is 0 Å². The number of primary amides is 1. The van der Waals surface area contributed by atoms with Crippen LogP contribution in [-0.2, 0) is 4.79 Å². The Morgan fingerprint density at radius 3 is 2.58 bits per heavy atom. The van der Waals surface area contributed by atoms with Gasteiger partial charge in [0, 0.05) is 19.0 Å². The van der Waals surface area contributed by atoms with Gasteiger partial charge in [0.05, 0.1) is 10.5 Å². The van der Waals surface area contributed by atoms with Crippen LogP contribution in [0, 0.1) is 10.1 Å². The van der Waals surface area contributed by atoms with Crippen molar-refractivity contribution in [2.24, 2.45) is 5.73 Å². The van der Waals surface area contributed by atoms with Crippen LogP contribution < -0.4 is 5.73 Å². The lowest BCUT2D eigenvalue weighted by Gasteiger charge is -2.11. The van der Waals surface area contributed by atoms with E-state index in [1.807, 2.05) is 0 Å². The van der Waals surface area contributed by atoms with E-state index in [9.17, 15) is 24.5 Å². The van der Waals surface area contributed by atoms with Crippen molar-refractivity contribution >= 4 is 23.4 Å². The van der Waals surface area contributed by atoms with Crippen molar-refractivity contribution in [1.82, 2.24) is 4.90 Å². The molecule has 1 aliphatic rings. The molecule has 3 amide bonds. The van der Waals surface area contributed by atoms with E-state index < -0.39 is 28.3 Å². The summed E-state index contributed by atoms with van der Waals surface area (Å²) in [6.07, 6.45) is -0.181. The highest BCUT2D eigenvalue weighted by Crippen LogP contribution is 2.30. The molecule has 1 aromatic carbocycles. The number of nitro groups is 1. The minimum Gasteiger partial charge on any atom is -0.370 e. The molecule has 2 rings (SSSR count). The molecule has 8 nitrogen and oxygen atoms in total. The summed E-state index contributed by atoms with van der Waals surface area (Å²) < 4.78 is 0. The number of nitro benzene ring substituents is 1. The van der Waals surface area contributed by atoms with Crippen molar-refractivity contribution in [3.05, 3.63) is 39.4 Å². The molecule has 0 fully saturated rings. The van der Waals surface area contributed by atoms with Gasteiger partial charge in [-0.3, -0.25) is 29.4 Å². The summed E-state index contributed by atoms with van der Waals surface area (Å²) in [5, 5.41) is 10.8. The molecule has 2 N–H and O–H groups in total. The van der Waals surface area contributed by atoms with Crippen molar-refractivity contribution in [3.8, 4) is 0 Å². The second-order valence-corrected chi connectivity index (χ2v) is 3.94. The van der Waals surface area contributed by atoms with Gasteiger partial charge in [0.15, 0.2) is 0 Å². The zero-order valence-corrected chi connectivity index (χ0v) is 9.66. The topological polar surface area (TPSA) is 124 Å². The molecule has 1 aliphatic heterocycles. The first-order valence-corrected chi connectivity index (χ1v) is 5.35. The molecule has 8 heteroatoms. The van der Waals surface area contributed by atoms with Gasteiger partial charge in [0.2, 0.25) is 5.91 Å². The third-order valence-electron chi connectivity index (χ3n) is 2.76. The molecular formula is C11H9N3O5. The number of amides is 3. The van der Waals surface area contributed by atoms with E-state index in [-0.39, 0.29) is 24.1 Å². The lowest BCUT2D eigenvalue weighted by molar-refractivity contribution is -0.385. The highest BCUT2D eigenvalue weighted by Gasteiger charge is 2.40. The monoisotopic (exact) mass is 263 g/mol. The van der Waals surface area contributed by atoms with Crippen molar-refractivity contribution < 1.29 is 19.3 Å². The van der Waals surface area contributed by atoms with Crippen LogP contribution >= 0.6 is 0 Å². The predicted octanol–water partition coefficient (Wildman–Crippen LogP) is 0.0662. The molecular weight excluding hydrogens is 254 g/mol. The Kier molecular flexibility index (Phi) is 2.99. The van der Waals surface area contributed by atoms with Crippen LogP contribution in [0.4, 0.5) is 5.69 Å². The molecule has 1 heterocycles. The number of rotatable bonds is 4. The van der Waals surface area contributed by atoms with Crippen LogP contribution in [0.25, 0.3) is 0 Å². The standard InChI is InChI=1S/C11H9N3O5/c12-8(15)4-5-13-10(16)6-2-1-3-7(14(18)19)9(6)11(13)17/h1-3H,4-5H2,(H2,12,15). The molecule has 0 radical (unpaired) electrons. The maximum Gasteiger partial charge on any atom is 0.282 e. The smallest absolute Gasteiger partial charge is 0.282 e. The van der Waals surface area contributed by atoms with Crippen LogP contribution in [-0.4, -0.2) is 34.1 Å². The highest BCUT2D eigenvalue weighted by atomic mass is 16.6. The second-order valence-electron chi connectivity index (χ2n) is 3.94. The summed E-state index contributed by atoms with van der Waals surface area (Å²) in [7, 11) is 0. The first-order chi connectivity index (χ1) is 8.93. The average Bonchev–Trinajstić information content (AvgIpc) is 2.59. The summed E-state index contributed by atoms with van der Waals surface area (Å²) >= 11 is 0. The number of fused-ring (bicyclic) bond motifs is 1. The lowest BCUT2D eigenvalue weighted by Crippen LogP contribution is -2.33. The van der Waals surface area contributed by atoms with Gasteiger partial charge in [-0.15, -0.1) is 0 Å². The van der Waals surface area contributed by atoms with Gasteiger partial charge in [0.25, 0.3) is 17.5 Å². The van der Waals surface area contributed by atoms with Crippen LogP contribution in [0.3, 0.4) is 0 Å². The van der Waals surface area contributed by atoms with Gasteiger partial charge in [-0.25, -0.2) is 0 Å². The molecule has 19 heavy (non-hydrogen) atoms. The maximum absolute atomic E-state index is 12.0. The third kappa shape index (κ3) is 2.03. The summed E-state index contributed by atoms with van der Waals surface area (Å²) in [4.78, 5) is 45.5. The van der Waals surface area contributed by atoms with Crippen molar-refractivity contribution in [1.29, 1.82) is 0 Å². The van der Waals surface area contributed by atoms with Crippen LogP contribution in [0.5, 0.6) is 0 Å². The number of nitrogens with zero attached hydrogens (tertiary/aromatic N) is 2. The molecule has 0 unspecified atom stereocenters. The Hall–Kier alpha value is -2.77. The number of carbonyl (C=O) groups excluding carboxylic acids is 3. The molecule has 0 bridgehead atoms. The van der Waals surface area contributed by atoms with Gasteiger partial charge in [0.1, 0.15) is 5.56 Å². The fourth-order valence-corrected chi connectivity index (χ4v) is 1.89. The zero-order valence-electron chi connectivity index (χ0n) is 9.66. The Bertz CT molecular complexity index is 610. The van der Waals surface area contributed by atoms with E-state index in [4.69, 9.17) is 5.73 Å². The molecule has 0 aliphatic carbocycles. The highest BCUT2D eigenvalue weighted by molar-refractivity contribution is 6.23. The summed E-state index contributed by atoms with van der Waals surface area (Å²) in [5.74, 6) is -2.08. The summed E-state index contributed by atoms with van der Waals surface area (Å²) in [6, 6.07) is 3.83. The Morgan fingerprint density at radius 2 is 2.00 bits per heavy atom. The third-order valence-corrected chi connectivity index (χ3v) is 2.76. The number of benzene rings is 1. The van der Waals surface area contributed by atoms with Crippen LogP contribution in [0.15, 0.2) is 18.2 Å². The van der Waals surface area contributed by atoms with E-state index in [0.29, 0.717) is 0 Å². The SMILES string of the molecule is NC(=O)CCN1C(=O)c2cccc([N+](=O)[O-])c2C1=O. The van der Waals surface area contributed by atoms with E-state index >= 15 is 0 Å². The molecule has 98 valence electrons. The van der Waals surface area contributed by atoms with Gasteiger partial charge in [-0.2, -0.15) is 0 Å². The lowest BCUT2D eigenvalue weighted by atomic mass is 10.1. The number of imide groups is 1. The second kappa shape index (κ2) is 4.48. The first-order valence-electron chi connectivity index (χ1n) is 5.35. The summed E-state index contributed by atoms with van der Waals surface area (Å²) in [6.45, 7) is -0.182. The molecule has 0 saturated carbocycles. The minimum atomic E-state index is -0.770. The van der Waals surface area contributed by atoms with E-state index in [1.165, 1.54) is 12.1 Å². The number of carbonyl (C=O) groups is 3. The van der Waals surface area contributed by atoms with Gasteiger partial charge in [-0.05, 0) is 6.07 Å². The van der Waals surface area contributed by atoms with Gasteiger partial charge < -0.3 is 5.73 Å². The predicted molar refractivity (Wildman–Crippen MR) is 62.3 cm³/mol. The van der Waals surface area contributed by atoms with Crippen molar-refractivity contribution in [3.63, 3.8) is 0 Å². The van der Waals surface area contributed by atoms with E-state index in [1.54, 1.807) is 0 Å². The molecule has 1 aromatic rings. The van der Waals surface area contributed by atoms with Crippen LogP contribution in [0.2, 0.25) is 0 Å². The molecule has 0 saturated heterocycles. The minimum absolute atomic E-state index is 0.0244. The first kappa shape index (κ1) is 12.7. The van der Waals surface area contributed by atoms with E-state index in [2.05, 4.69) is 0 Å². The fourth-order valence-electron chi connectivity index (χ4n) is 1.89. The maximum atomic E-state index is 12.0. The van der Waals surface area contributed by atoms with Gasteiger partial charge in [-0.1, -0.05) is 6.07 Å². The Labute approximate surface area is 106 Å². The number of hydrogen-bond acceptors (Lipinski definition) is 5. The number of nitrogens with two attached hydrogens (primary N) is 1. The quantitative estimate of drug-likeness (QED) is 0.467. The zero-order chi connectivity index (χ0) is 14.2. The fraction of sp³-hybridized carbons (Fsp3) is 0.182. The largest absolute Gasteiger partial charge is 0.370 e. The molecule has 0 aromatic heterocycles. The number of hydrogen-bond donors (Lipinski definition) is 1. The summed E-state index contributed by atoms with van der Waals surface area (Å²) in [5.41, 5.74) is 4.27. The molecule has 0 spiro atoms. The Balaban J connectivity index is 2.41. The van der Waals surface area contributed by atoms with Crippen molar-refractivity contribution in [2.75, 3.05) is 6.54 Å². The Morgan fingerprint density at radius 1 is 1.32 bits per heavy atom. The normalized spacial score (nSPS) is 13.6. The van der Waals surface area contributed by atoms with Crippen molar-refractivity contribution in [2.45, 2.75) is 6.42 Å². The van der Waals surface area contributed by atoms with Crippen LogP contribution in [0.1, 0.15) is 27.1 Å². The molecule has 0 atom stereocenters. The van der Waals surface area contributed by atoms with E-state index in [0.717, 1.165) is 11.0 Å². The average molecular weight is 263 g/mol.